The van der Waals surface area contributed by atoms with E-state index in [9.17, 15) is 4.79 Å². The van der Waals surface area contributed by atoms with Gasteiger partial charge in [-0.3, -0.25) is 10.1 Å². The summed E-state index contributed by atoms with van der Waals surface area (Å²) in [5.41, 5.74) is 0. The Kier molecular flexibility index (Phi) is 5.48. The molecule has 0 aromatic carbocycles. The van der Waals surface area contributed by atoms with Crippen LogP contribution in [0.5, 0.6) is 0 Å². The van der Waals surface area contributed by atoms with E-state index in [0.717, 1.165) is 32.0 Å². The first-order chi connectivity index (χ1) is 8.81. The monoisotopic (exact) mass is 252 g/mol. The molecule has 1 amide bonds. The Hall–Kier alpha value is -0.570. The van der Waals surface area contributed by atoms with Crippen LogP contribution in [0.3, 0.4) is 0 Å². The maximum Gasteiger partial charge on any atom is 0.240 e. The molecular weight excluding hydrogens is 224 g/mol. The second kappa shape index (κ2) is 7.13. The lowest BCUT2D eigenvalue weighted by molar-refractivity contribution is -0.129. The van der Waals surface area contributed by atoms with Crippen LogP contribution in [0.4, 0.5) is 0 Å². The van der Waals surface area contributed by atoms with Crippen LogP contribution >= 0.6 is 0 Å². The first kappa shape index (κ1) is 13.9. The molecule has 1 aliphatic carbocycles. The van der Waals surface area contributed by atoms with Crippen LogP contribution in [-0.2, 0) is 4.79 Å². The van der Waals surface area contributed by atoms with Crippen LogP contribution < -0.4 is 5.32 Å². The summed E-state index contributed by atoms with van der Waals surface area (Å²) in [5, 5.41) is 3.36. The maximum absolute atomic E-state index is 12.1. The van der Waals surface area contributed by atoms with Gasteiger partial charge in [0.25, 0.3) is 0 Å². The van der Waals surface area contributed by atoms with E-state index in [1.165, 1.54) is 44.9 Å². The average molecular weight is 252 g/mol. The minimum atomic E-state index is 0.108. The Morgan fingerprint density at radius 3 is 2.72 bits per heavy atom. The van der Waals surface area contributed by atoms with Crippen molar-refractivity contribution in [3.63, 3.8) is 0 Å². The molecule has 18 heavy (non-hydrogen) atoms. The number of amides is 1. The van der Waals surface area contributed by atoms with Gasteiger partial charge in [0, 0.05) is 6.54 Å². The van der Waals surface area contributed by atoms with Crippen molar-refractivity contribution < 1.29 is 4.79 Å². The number of carbonyl (C=O) groups excluding carboxylic acids is 1. The smallest absolute Gasteiger partial charge is 0.240 e. The second-order valence-corrected chi connectivity index (χ2v) is 5.95. The summed E-state index contributed by atoms with van der Waals surface area (Å²) in [6.07, 6.45) is 11.5. The minimum Gasteiger partial charge on any atom is -0.329 e. The predicted octanol–water partition coefficient (Wildman–Crippen LogP) is 2.90. The maximum atomic E-state index is 12.1. The van der Waals surface area contributed by atoms with Crippen molar-refractivity contribution in [1.82, 2.24) is 10.2 Å². The van der Waals surface area contributed by atoms with Crippen molar-refractivity contribution in [2.75, 3.05) is 13.2 Å². The average Bonchev–Trinajstić information content (AvgIpc) is 2.76. The van der Waals surface area contributed by atoms with E-state index in [4.69, 9.17) is 0 Å². The lowest BCUT2D eigenvalue weighted by Crippen LogP contribution is -2.32. The third-order valence-electron chi connectivity index (χ3n) is 4.52. The molecule has 1 aliphatic heterocycles. The van der Waals surface area contributed by atoms with Crippen molar-refractivity contribution in [3.8, 4) is 0 Å². The molecule has 2 rings (SSSR count). The fourth-order valence-electron chi connectivity index (χ4n) is 3.24. The van der Waals surface area contributed by atoms with Gasteiger partial charge in [-0.25, -0.2) is 0 Å². The molecule has 3 heteroatoms. The van der Waals surface area contributed by atoms with Crippen molar-refractivity contribution in [1.29, 1.82) is 0 Å². The van der Waals surface area contributed by atoms with Gasteiger partial charge >= 0.3 is 0 Å². The highest BCUT2D eigenvalue weighted by molar-refractivity contribution is 5.83. The van der Waals surface area contributed by atoms with Gasteiger partial charge < -0.3 is 4.90 Å². The summed E-state index contributed by atoms with van der Waals surface area (Å²) in [6, 6.07) is 0.108. The summed E-state index contributed by atoms with van der Waals surface area (Å²) in [7, 11) is 0. The van der Waals surface area contributed by atoms with Gasteiger partial charge in [0.1, 0.15) is 0 Å². The van der Waals surface area contributed by atoms with Gasteiger partial charge in [-0.1, -0.05) is 51.9 Å². The Labute approximate surface area is 111 Å². The lowest BCUT2D eigenvalue weighted by atomic mass is 9.87. The number of carbonyl (C=O) groups is 1. The molecule has 1 unspecified atom stereocenters. The van der Waals surface area contributed by atoms with Crippen LogP contribution in [-0.4, -0.2) is 30.1 Å². The Morgan fingerprint density at radius 2 is 2.00 bits per heavy atom. The van der Waals surface area contributed by atoms with E-state index in [1.807, 2.05) is 4.90 Å². The topological polar surface area (TPSA) is 32.3 Å². The molecular formula is C15H28N2O. The third-order valence-corrected chi connectivity index (χ3v) is 4.52. The van der Waals surface area contributed by atoms with E-state index < -0.39 is 0 Å². The zero-order valence-electron chi connectivity index (χ0n) is 11.8. The van der Waals surface area contributed by atoms with E-state index in [-0.39, 0.29) is 6.04 Å². The molecule has 3 nitrogen and oxygen atoms in total. The minimum absolute atomic E-state index is 0.108. The van der Waals surface area contributed by atoms with Crippen molar-refractivity contribution >= 4 is 5.91 Å². The number of rotatable bonds is 6. The van der Waals surface area contributed by atoms with Crippen molar-refractivity contribution in [3.05, 3.63) is 0 Å². The summed E-state index contributed by atoms with van der Waals surface area (Å²) in [5.74, 6) is 1.22. The van der Waals surface area contributed by atoms with E-state index in [1.54, 1.807) is 0 Å². The zero-order valence-corrected chi connectivity index (χ0v) is 11.8. The van der Waals surface area contributed by atoms with Crippen LogP contribution in [0.15, 0.2) is 0 Å². The standard InChI is InChI=1S/C15H28N2O/c1-2-3-9-14-15(18)17(12-16-14)11-10-13-7-5-4-6-8-13/h13-14,16H,2-12H2,1H3. The Morgan fingerprint density at radius 1 is 1.22 bits per heavy atom. The normalized spacial score (nSPS) is 25.9. The Balaban J connectivity index is 1.68. The first-order valence-electron chi connectivity index (χ1n) is 7.83. The van der Waals surface area contributed by atoms with E-state index >= 15 is 0 Å². The molecule has 1 heterocycles. The van der Waals surface area contributed by atoms with Crippen molar-refractivity contribution in [2.45, 2.75) is 70.8 Å². The number of hydrogen-bond acceptors (Lipinski definition) is 2. The van der Waals surface area contributed by atoms with E-state index in [0.29, 0.717) is 5.91 Å². The van der Waals surface area contributed by atoms with Crippen LogP contribution in [0.2, 0.25) is 0 Å². The number of nitrogens with zero attached hydrogens (tertiary/aromatic N) is 1. The molecule has 1 atom stereocenters. The largest absolute Gasteiger partial charge is 0.329 e. The van der Waals surface area contributed by atoms with Gasteiger partial charge in [0.05, 0.1) is 12.7 Å². The first-order valence-corrected chi connectivity index (χ1v) is 7.83. The highest BCUT2D eigenvalue weighted by Gasteiger charge is 2.30. The third kappa shape index (κ3) is 3.71. The Bertz CT molecular complexity index is 261. The summed E-state index contributed by atoms with van der Waals surface area (Å²) < 4.78 is 0. The lowest BCUT2D eigenvalue weighted by Gasteiger charge is -2.24. The molecule has 1 saturated carbocycles. The molecule has 0 aromatic heterocycles. The SMILES string of the molecule is CCCCC1NCN(CCC2CCCCC2)C1=O. The van der Waals surface area contributed by atoms with Crippen molar-refractivity contribution in [2.24, 2.45) is 5.92 Å². The van der Waals surface area contributed by atoms with Crippen LogP contribution in [0, 0.1) is 5.92 Å². The van der Waals surface area contributed by atoms with E-state index in [2.05, 4.69) is 12.2 Å². The van der Waals surface area contributed by atoms with Gasteiger partial charge in [-0.05, 0) is 18.8 Å². The summed E-state index contributed by atoms with van der Waals surface area (Å²) >= 11 is 0. The van der Waals surface area contributed by atoms with Gasteiger partial charge in [-0.2, -0.15) is 0 Å². The van der Waals surface area contributed by atoms with Gasteiger partial charge in [-0.15, -0.1) is 0 Å². The van der Waals surface area contributed by atoms with Crippen LogP contribution in [0.1, 0.15) is 64.7 Å². The summed E-state index contributed by atoms with van der Waals surface area (Å²) in [6.45, 7) is 3.93. The second-order valence-electron chi connectivity index (χ2n) is 5.95. The fourth-order valence-corrected chi connectivity index (χ4v) is 3.24. The highest BCUT2D eigenvalue weighted by atomic mass is 16.2. The molecule has 1 saturated heterocycles. The fraction of sp³-hybridized carbons (Fsp3) is 0.933. The molecule has 2 fully saturated rings. The molecule has 2 aliphatic rings. The number of hydrogen-bond donors (Lipinski definition) is 1. The molecule has 1 N–H and O–H groups in total. The molecule has 0 aromatic rings. The molecule has 0 bridgehead atoms. The van der Waals surface area contributed by atoms with Crippen LogP contribution in [0.25, 0.3) is 0 Å². The number of nitrogens with one attached hydrogen (secondary N) is 1. The summed E-state index contributed by atoms with van der Waals surface area (Å²) in [4.78, 5) is 14.2. The van der Waals surface area contributed by atoms with Gasteiger partial charge in [0.15, 0.2) is 0 Å². The molecule has 104 valence electrons. The highest BCUT2D eigenvalue weighted by Crippen LogP contribution is 2.26. The molecule has 0 radical (unpaired) electrons. The molecule has 0 spiro atoms. The number of unbranched alkanes of at least 4 members (excludes halogenated alkanes) is 1. The zero-order chi connectivity index (χ0) is 12.8. The van der Waals surface area contributed by atoms with Gasteiger partial charge in [0.2, 0.25) is 5.91 Å². The predicted molar refractivity (Wildman–Crippen MR) is 74.2 cm³/mol. The quantitative estimate of drug-likeness (QED) is 0.788.